The smallest absolute Gasteiger partial charge is 0.134 e. The monoisotopic (exact) mass is 247 g/mol. The van der Waals surface area contributed by atoms with Crippen LogP contribution in [-0.4, -0.2) is 17.8 Å². The summed E-state index contributed by atoms with van der Waals surface area (Å²) in [6.07, 6.45) is 0. The Bertz CT molecular complexity index is 473. The number of nitrogens with one attached hydrogen (secondary N) is 1. The van der Waals surface area contributed by atoms with Crippen LogP contribution < -0.4 is 5.32 Å². The predicted octanol–water partition coefficient (Wildman–Crippen LogP) is 3.10. The van der Waals surface area contributed by atoms with E-state index in [9.17, 15) is 0 Å². The Labute approximate surface area is 108 Å². The number of aliphatic hydroxyl groups excluding tert-OH is 1. The third kappa shape index (κ3) is 2.74. The zero-order valence-corrected chi connectivity index (χ0v) is 11.2. The Hall–Kier alpha value is -1.32. The van der Waals surface area contributed by atoms with Gasteiger partial charge < -0.3 is 14.8 Å². The van der Waals surface area contributed by atoms with Crippen molar-refractivity contribution in [2.45, 2.75) is 32.9 Å². The minimum absolute atomic E-state index is 0.140. The summed E-state index contributed by atoms with van der Waals surface area (Å²) in [6, 6.07) is 10.5. The van der Waals surface area contributed by atoms with Gasteiger partial charge >= 0.3 is 0 Å². The van der Waals surface area contributed by atoms with Crippen molar-refractivity contribution in [2.24, 2.45) is 5.92 Å². The van der Waals surface area contributed by atoms with Crippen molar-refractivity contribution in [3.63, 3.8) is 0 Å². The highest BCUT2D eigenvalue weighted by molar-refractivity contribution is 5.77. The molecule has 3 atom stereocenters. The van der Waals surface area contributed by atoms with Crippen molar-refractivity contribution >= 4 is 11.0 Å². The largest absolute Gasteiger partial charge is 0.459 e. The van der Waals surface area contributed by atoms with E-state index >= 15 is 0 Å². The molecule has 0 radical (unpaired) electrons. The Morgan fingerprint density at radius 3 is 2.61 bits per heavy atom. The molecule has 0 fully saturated rings. The molecule has 2 N–H and O–H groups in total. The number of para-hydroxylation sites is 1. The summed E-state index contributed by atoms with van der Waals surface area (Å²) < 4.78 is 5.82. The first kappa shape index (κ1) is 13.1. The van der Waals surface area contributed by atoms with Gasteiger partial charge in [-0.25, -0.2) is 0 Å². The van der Waals surface area contributed by atoms with Gasteiger partial charge in [0.2, 0.25) is 0 Å². The van der Waals surface area contributed by atoms with Gasteiger partial charge in [0.25, 0.3) is 0 Å². The minimum Gasteiger partial charge on any atom is -0.459 e. The standard InChI is InChI=1S/C15H21NO2/c1-10(9-17)11(2)16-12(3)15-8-13-6-4-5-7-14(13)18-15/h4-8,10-12,16-17H,9H2,1-3H3. The minimum atomic E-state index is 0.140. The number of hydrogen-bond donors (Lipinski definition) is 2. The van der Waals surface area contributed by atoms with Crippen LogP contribution >= 0.6 is 0 Å². The van der Waals surface area contributed by atoms with Crippen LogP contribution in [0.25, 0.3) is 11.0 Å². The third-order valence-electron chi connectivity index (χ3n) is 3.53. The summed E-state index contributed by atoms with van der Waals surface area (Å²) in [4.78, 5) is 0. The van der Waals surface area contributed by atoms with Crippen LogP contribution in [0.3, 0.4) is 0 Å². The molecule has 0 aliphatic rings. The van der Waals surface area contributed by atoms with E-state index in [-0.39, 0.29) is 24.6 Å². The van der Waals surface area contributed by atoms with Crippen LogP contribution in [0.2, 0.25) is 0 Å². The van der Waals surface area contributed by atoms with Crippen LogP contribution in [0.15, 0.2) is 34.7 Å². The maximum Gasteiger partial charge on any atom is 0.134 e. The molecule has 1 aromatic carbocycles. The highest BCUT2D eigenvalue weighted by Gasteiger charge is 2.17. The van der Waals surface area contributed by atoms with Crippen molar-refractivity contribution in [3.05, 3.63) is 36.1 Å². The lowest BCUT2D eigenvalue weighted by Gasteiger charge is -2.22. The summed E-state index contributed by atoms with van der Waals surface area (Å²) in [5, 5.41) is 13.7. The molecule has 1 heterocycles. The summed E-state index contributed by atoms with van der Waals surface area (Å²) in [6.45, 7) is 6.39. The van der Waals surface area contributed by atoms with Crippen LogP contribution in [0, 0.1) is 5.92 Å². The SMILES string of the molecule is CC(NC(C)C(C)CO)c1cc2ccccc2o1. The van der Waals surface area contributed by atoms with Crippen molar-refractivity contribution in [1.29, 1.82) is 0 Å². The molecule has 2 rings (SSSR count). The second kappa shape index (κ2) is 5.55. The summed E-state index contributed by atoms with van der Waals surface area (Å²) >= 11 is 0. The molecular weight excluding hydrogens is 226 g/mol. The van der Waals surface area contributed by atoms with Gasteiger partial charge in [-0.2, -0.15) is 0 Å². The molecule has 18 heavy (non-hydrogen) atoms. The van der Waals surface area contributed by atoms with Gasteiger partial charge in [-0.3, -0.25) is 0 Å². The second-order valence-corrected chi connectivity index (χ2v) is 5.02. The second-order valence-electron chi connectivity index (χ2n) is 5.02. The van der Waals surface area contributed by atoms with Gasteiger partial charge in [-0.1, -0.05) is 25.1 Å². The van der Waals surface area contributed by atoms with E-state index in [4.69, 9.17) is 9.52 Å². The topological polar surface area (TPSA) is 45.4 Å². The molecule has 1 aromatic heterocycles. The first-order valence-corrected chi connectivity index (χ1v) is 6.47. The van der Waals surface area contributed by atoms with Crippen molar-refractivity contribution in [1.82, 2.24) is 5.32 Å². The Balaban J connectivity index is 2.11. The molecule has 98 valence electrons. The van der Waals surface area contributed by atoms with Crippen LogP contribution in [0.4, 0.5) is 0 Å². The van der Waals surface area contributed by atoms with Crippen LogP contribution in [0.1, 0.15) is 32.6 Å². The maximum atomic E-state index is 9.14. The number of aliphatic hydroxyl groups is 1. The van der Waals surface area contributed by atoms with Gasteiger partial charge in [0.1, 0.15) is 11.3 Å². The van der Waals surface area contributed by atoms with E-state index in [2.05, 4.69) is 31.3 Å². The quantitative estimate of drug-likeness (QED) is 0.853. The molecule has 0 amide bonds. The third-order valence-corrected chi connectivity index (χ3v) is 3.53. The van der Waals surface area contributed by atoms with E-state index in [0.29, 0.717) is 0 Å². The molecule has 2 aromatic rings. The zero-order valence-electron chi connectivity index (χ0n) is 11.2. The summed E-state index contributed by atoms with van der Waals surface area (Å²) in [5.74, 6) is 1.17. The normalized spacial score (nSPS) is 16.7. The fourth-order valence-corrected chi connectivity index (χ4v) is 2.01. The Morgan fingerprint density at radius 1 is 1.22 bits per heavy atom. The van der Waals surface area contributed by atoms with Crippen LogP contribution in [-0.2, 0) is 0 Å². The fourth-order valence-electron chi connectivity index (χ4n) is 2.01. The van der Waals surface area contributed by atoms with E-state index in [1.54, 1.807) is 0 Å². The Kier molecular flexibility index (Phi) is 4.04. The van der Waals surface area contributed by atoms with E-state index in [1.807, 2.05) is 25.1 Å². The molecule has 0 bridgehead atoms. The van der Waals surface area contributed by atoms with Gasteiger partial charge in [0.05, 0.1) is 6.04 Å². The van der Waals surface area contributed by atoms with E-state index in [0.717, 1.165) is 16.7 Å². The predicted molar refractivity (Wildman–Crippen MR) is 73.5 cm³/mol. The van der Waals surface area contributed by atoms with Gasteiger partial charge in [0.15, 0.2) is 0 Å². The number of hydrogen-bond acceptors (Lipinski definition) is 3. The summed E-state index contributed by atoms with van der Waals surface area (Å²) in [5.41, 5.74) is 0.920. The lowest BCUT2D eigenvalue weighted by molar-refractivity contribution is 0.200. The maximum absolute atomic E-state index is 9.14. The highest BCUT2D eigenvalue weighted by atomic mass is 16.3. The van der Waals surface area contributed by atoms with E-state index < -0.39 is 0 Å². The van der Waals surface area contributed by atoms with Gasteiger partial charge in [0, 0.05) is 18.0 Å². The van der Waals surface area contributed by atoms with Crippen molar-refractivity contribution in [2.75, 3.05) is 6.61 Å². The molecule has 3 unspecified atom stereocenters. The lowest BCUT2D eigenvalue weighted by atomic mass is 10.0. The zero-order chi connectivity index (χ0) is 13.1. The number of fused-ring (bicyclic) bond motifs is 1. The molecule has 3 nitrogen and oxygen atoms in total. The molecular formula is C15H21NO2. The molecule has 0 aliphatic carbocycles. The molecule has 3 heteroatoms. The average Bonchev–Trinajstić information content (AvgIpc) is 2.81. The first-order chi connectivity index (χ1) is 8.61. The Morgan fingerprint density at radius 2 is 1.94 bits per heavy atom. The fraction of sp³-hybridized carbons (Fsp3) is 0.467. The number of rotatable bonds is 5. The molecule has 0 saturated carbocycles. The lowest BCUT2D eigenvalue weighted by Crippen LogP contribution is -2.35. The van der Waals surface area contributed by atoms with Gasteiger partial charge in [-0.05, 0) is 31.9 Å². The van der Waals surface area contributed by atoms with Crippen molar-refractivity contribution < 1.29 is 9.52 Å². The highest BCUT2D eigenvalue weighted by Crippen LogP contribution is 2.24. The van der Waals surface area contributed by atoms with Crippen LogP contribution in [0.5, 0.6) is 0 Å². The first-order valence-electron chi connectivity index (χ1n) is 6.47. The molecule has 0 aliphatic heterocycles. The van der Waals surface area contributed by atoms with Gasteiger partial charge in [-0.15, -0.1) is 0 Å². The molecule has 0 saturated heterocycles. The number of benzene rings is 1. The van der Waals surface area contributed by atoms with Crippen molar-refractivity contribution in [3.8, 4) is 0 Å². The summed E-state index contributed by atoms with van der Waals surface area (Å²) in [7, 11) is 0. The van der Waals surface area contributed by atoms with E-state index in [1.165, 1.54) is 0 Å². The molecule has 0 spiro atoms. The average molecular weight is 247 g/mol. The number of furan rings is 1.